The quantitative estimate of drug-likeness (QED) is 0.267. The van der Waals surface area contributed by atoms with Crippen molar-refractivity contribution >= 4 is 40.5 Å². The molecule has 0 saturated heterocycles. The third-order valence-electron chi connectivity index (χ3n) is 5.65. The van der Waals surface area contributed by atoms with Crippen LogP contribution in [0.1, 0.15) is 29.0 Å². The number of carbonyl (C=O) groups excluding carboxylic acids is 2. The second-order valence-electron chi connectivity index (χ2n) is 8.31. The van der Waals surface area contributed by atoms with Gasteiger partial charge in [0.1, 0.15) is 0 Å². The van der Waals surface area contributed by atoms with Gasteiger partial charge in [-0.15, -0.1) is 0 Å². The van der Waals surface area contributed by atoms with Gasteiger partial charge in [0, 0.05) is 17.8 Å². The van der Waals surface area contributed by atoms with Gasteiger partial charge < -0.3 is 16.0 Å². The lowest BCUT2D eigenvalue weighted by atomic mass is 9.90. The fourth-order valence-corrected chi connectivity index (χ4v) is 4.15. The maximum Gasteiger partial charge on any atom is 0.238 e. The molecule has 0 aliphatic heterocycles. The molecule has 0 aliphatic carbocycles. The van der Waals surface area contributed by atoms with E-state index < -0.39 is 5.92 Å². The molecule has 2 amide bonds. The summed E-state index contributed by atoms with van der Waals surface area (Å²) in [7, 11) is 0. The van der Waals surface area contributed by atoms with Gasteiger partial charge in [-0.3, -0.25) is 9.59 Å². The Morgan fingerprint density at radius 1 is 0.667 bits per heavy atom. The summed E-state index contributed by atoms with van der Waals surface area (Å²) < 4.78 is 0. The lowest BCUT2D eigenvalue weighted by molar-refractivity contribution is -0.120. The number of hydrogen-bond acceptors (Lipinski definition) is 3. The predicted molar refractivity (Wildman–Crippen MR) is 149 cm³/mol. The zero-order valence-electron chi connectivity index (χ0n) is 19.7. The number of benzene rings is 4. The first kappa shape index (κ1) is 24.8. The molecular formula is C30H27N3O2S. The normalized spacial score (nSPS) is 10.5. The van der Waals surface area contributed by atoms with Crippen molar-refractivity contribution in [2.75, 3.05) is 10.6 Å². The van der Waals surface area contributed by atoms with Gasteiger partial charge in [-0.2, -0.15) is 0 Å². The Kier molecular flexibility index (Phi) is 8.57. The lowest BCUT2D eigenvalue weighted by Gasteiger charge is -2.19. The molecule has 0 unspecified atom stereocenters. The molecule has 180 valence electrons. The minimum absolute atomic E-state index is 0.0690. The molecule has 0 saturated carbocycles. The summed E-state index contributed by atoms with van der Waals surface area (Å²) >= 11 is 5.43. The molecule has 0 spiro atoms. The molecule has 0 aliphatic rings. The molecule has 0 aromatic heterocycles. The first-order valence-corrected chi connectivity index (χ1v) is 12.1. The van der Waals surface area contributed by atoms with Crippen molar-refractivity contribution in [2.45, 2.75) is 18.8 Å². The molecule has 5 nitrogen and oxygen atoms in total. The average Bonchev–Trinajstić information content (AvgIpc) is 2.89. The molecule has 0 heterocycles. The van der Waals surface area contributed by atoms with Crippen LogP contribution in [0, 0.1) is 0 Å². The van der Waals surface area contributed by atoms with Gasteiger partial charge in [0.2, 0.25) is 11.8 Å². The third-order valence-corrected chi connectivity index (χ3v) is 5.86. The van der Waals surface area contributed by atoms with Crippen LogP contribution in [0.15, 0.2) is 115 Å². The summed E-state index contributed by atoms with van der Waals surface area (Å²) in [5.41, 5.74) is 4.19. The summed E-state index contributed by atoms with van der Waals surface area (Å²) in [5, 5.41) is 8.97. The average molecular weight is 494 g/mol. The van der Waals surface area contributed by atoms with E-state index in [1.165, 1.54) is 0 Å². The fourth-order valence-electron chi connectivity index (χ4n) is 3.93. The molecular weight excluding hydrogens is 466 g/mol. The molecule has 4 rings (SSSR count). The van der Waals surface area contributed by atoms with E-state index in [1.54, 1.807) is 6.07 Å². The van der Waals surface area contributed by atoms with Crippen LogP contribution in [0.4, 0.5) is 11.4 Å². The largest absolute Gasteiger partial charge is 0.332 e. The highest BCUT2D eigenvalue weighted by Crippen LogP contribution is 2.25. The lowest BCUT2D eigenvalue weighted by Crippen LogP contribution is -2.37. The Hall–Kier alpha value is -4.29. The van der Waals surface area contributed by atoms with Crippen LogP contribution in [-0.2, 0) is 16.0 Å². The highest BCUT2D eigenvalue weighted by atomic mass is 32.1. The van der Waals surface area contributed by atoms with Crippen molar-refractivity contribution in [3.8, 4) is 0 Å². The third kappa shape index (κ3) is 7.10. The van der Waals surface area contributed by atoms with E-state index >= 15 is 0 Å². The highest BCUT2D eigenvalue weighted by molar-refractivity contribution is 7.80. The van der Waals surface area contributed by atoms with Crippen LogP contribution in [-0.4, -0.2) is 16.9 Å². The summed E-state index contributed by atoms with van der Waals surface area (Å²) in [5.74, 6) is -0.793. The van der Waals surface area contributed by atoms with Crippen LogP contribution < -0.4 is 16.0 Å². The van der Waals surface area contributed by atoms with Crippen molar-refractivity contribution in [2.24, 2.45) is 0 Å². The number of aryl methyl sites for hydroxylation is 1. The Labute approximate surface area is 216 Å². The van der Waals surface area contributed by atoms with E-state index in [0.717, 1.165) is 16.7 Å². The van der Waals surface area contributed by atoms with E-state index in [1.807, 2.05) is 109 Å². The summed E-state index contributed by atoms with van der Waals surface area (Å²) in [6.07, 6.45) is 1.06. The number of thiocarbonyl (C=S) groups is 1. The Bertz CT molecular complexity index is 1270. The van der Waals surface area contributed by atoms with Crippen LogP contribution in [0.3, 0.4) is 0 Å². The van der Waals surface area contributed by atoms with Gasteiger partial charge in [-0.1, -0.05) is 97.1 Å². The number of nitrogens with one attached hydrogen (secondary N) is 3. The van der Waals surface area contributed by atoms with Crippen molar-refractivity contribution < 1.29 is 9.59 Å². The fraction of sp³-hybridized carbons (Fsp3) is 0.100. The Morgan fingerprint density at radius 3 is 1.78 bits per heavy atom. The molecule has 0 fully saturated rings. The van der Waals surface area contributed by atoms with E-state index in [9.17, 15) is 9.59 Å². The standard InChI is InChI=1S/C30H27N3O2S/c34-27(20-19-22-11-4-1-5-12-22)31-25-17-10-18-26(21-25)32-30(36)33-29(35)28(23-13-6-2-7-14-23)24-15-8-3-9-16-24/h1-18,21,28H,19-20H2,(H,31,34)(H2,32,33,35,36). The van der Waals surface area contributed by atoms with Crippen LogP contribution in [0.25, 0.3) is 0 Å². The van der Waals surface area contributed by atoms with Crippen molar-refractivity contribution in [3.05, 3.63) is 132 Å². The molecule has 4 aromatic rings. The molecule has 0 atom stereocenters. The minimum Gasteiger partial charge on any atom is -0.332 e. The maximum atomic E-state index is 13.3. The van der Waals surface area contributed by atoms with Gasteiger partial charge in [0.05, 0.1) is 5.92 Å². The first-order valence-electron chi connectivity index (χ1n) is 11.7. The number of carbonyl (C=O) groups is 2. The van der Waals surface area contributed by atoms with Gasteiger partial charge in [0.15, 0.2) is 5.11 Å². The molecule has 0 radical (unpaired) electrons. The topological polar surface area (TPSA) is 70.2 Å². The van der Waals surface area contributed by atoms with E-state index in [2.05, 4.69) is 16.0 Å². The van der Waals surface area contributed by atoms with Gasteiger partial charge in [-0.05, 0) is 53.5 Å². The summed E-state index contributed by atoms with van der Waals surface area (Å²) in [4.78, 5) is 25.6. The van der Waals surface area contributed by atoms with Crippen LogP contribution in [0.2, 0.25) is 0 Å². The number of hydrogen-bond donors (Lipinski definition) is 3. The van der Waals surface area contributed by atoms with Crippen molar-refractivity contribution in [1.29, 1.82) is 0 Å². The zero-order valence-corrected chi connectivity index (χ0v) is 20.5. The van der Waals surface area contributed by atoms with E-state index in [-0.39, 0.29) is 16.9 Å². The number of amides is 2. The first-order chi connectivity index (χ1) is 17.6. The van der Waals surface area contributed by atoms with E-state index in [4.69, 9.17) is 12.2 Å². The predicted octanol–water partition coefficient (Wildman–Crippen LogP) is 5.90. The Morgan fingerprint density at radius 2 is 1.19 bits per heavy atom. The van der Waals surface area contributed by atoms with Crippen LogP contribution in [0.5, 0.6) is 0 Å². The molecule has 36 heavy (non-hydrogen) atoms. The van der Waals surface area contributed by atoms with Crippen molar-refractivity contribution in [1.82, 2.24) is 5.32 Å². The van der Waals surface area contributed by atoms with Gasteiger partial charge in [-0.25, -0.2) is 0 Å². The highest BCUT2D eigenvalue weighted by Gasteiger charge is 2.23. The molecule has 3 N–H and O–H groups in total. The monoisotopic (exact) mass is 493 g/mol. The summed E-state index contributed by atoms with van der Waals surface area (Å²) in [6.45, 7) is 0. The molecule has 0 bridgehead atoms. The van der Waals surface area contributed by atoms with E-state index in [0.29, 0.717) is 24.2 Å². The smallest absolute Gasteiger partial charge is 0.238 e. The number of rotatable bonds is 8. The second kappa shape index (κ2) is 12.4. The molecule has 6 heteroatoms. The van der Waals surface area contributed by atoms with Crippen molar-refractivity contribution in [3.63, 3.8) is 0 Å². The maximum absolute atomic E-state index is 13.3. The SMILES string of the molecule is O=C(CCc1ccccc1)Nc1cccc(NC(=S)NC(=O)C(c2ccccc2)c2ccccc2)c1. The minimum atomic E-state index is -0.498. The Balaban J connectivity index is 1.36. The van der Waals surface area contributed by atoms with Gasteiger partial charge >= 0.3 is 0 Å². The second-order valence-corrected chi connectivity index (χ2v) is 8.72. The number of anilines is 2. The molecule has 4 aromatic carbocycles. The zero-order chi connectivity index (χ0) is 25.2. The van der Waals surface area contributed by atoms with Gasteiger partial charge in [0.25, 0.3) is 0 Å². The summed E-state index contributed by atoms with van der Waals surface area (Å²) in [6, 6.07) is 36.3. The van der Waals surface area contributed by atoms with Crippen LogP contribution >= 0.6 is 12.2 Å².